The zero-order valence-electron chi connectivity index (χ0n) is 11.5. The molecular formula is C15H23Br. The lowest BCUT2D eigenvalue weighted by atomic mass is 9.75. The third-order valence-corrected chi connectivity index (χ3v) is 3.91. The molecule has 0 nitrogen and oxygen atoms in total. The van der Waals surface area contributed by atoms with Gasteiger partial charge < -0.3 is 0 Å². The average molecular weight is 283 g/mol. The first-order valence-corrected chi connectivity index (χ1v) is 6.64. The molecule has 90 valence electrons. The van der Waals surface area contributed by atoms with Crippen molar-refractivity contribution in [3.05, 3.63) is 33.3 Å². The number of hydrogen-bond donors (Lipinski definition) is 0. The van der Waals surface area contributed by atoms with Gasteiger partial charge in [0.05, 0.1) is 0 Å². The van der Waals surface area contributed by atoms with E-state index in [1.165, 1.54) is 21.2 Å². The van der Waals surface area contributed by atoms with Gasteiger partial charge in [0.2, 0.25) is 0 Å². The molecule has 1 aromatic rings. The fourth-order valence-electron chi connectivity index (χ4n) is 2.04. The van der Waals surface area contributed by atoms with E-state index in [0.717, 1.165) is 0 Å². The zero-order chi connectivity index (χ0) is 12.7. The van der Waals surface area contributed by atoms with E-state index in [-0.39, 0.29) is 10.8 Å². The molecule has 0 aromatic heterocycles. The molecule has 0 saturated heterocycles. The summed E-state index contributed by atoms with van der Waals surface area (Å²) in [6.07, 6.45) is 0. The van der Waals surface area contributed by atoms with Gasteiger partial charge in [-0.2, -0.15) is 0 Å². The highest BCUT2D eigenvalue weighted by Crippen LogP contribution is 2.39. The molecule has 1 aromatic carbocycles. The van der Waals surface area contributed by atoms with E-state index in [4.69, 9.17) is 0 Å². The van der Waals surface area contributed by atoms with Crippen LogP contribution in [0.4, 0.5) is 0 Å². The Morgan fingerprint density at radius 2 is 1.38 bits per heavy atom. The molecule has 0 aliphatic carbocycles. The van der Waals surface area contributed by atoms with Crippen LogP contribution in [-0.2, 0) is 10.8 Å². The Labute approximate surface area is 109 Å². The summed E-state index contributed by atoms with van der Waals surface area (Å²) in [5.41, 5.74) is 4.57. The van der Waals surface area contributed by atoms with Crippen molar-refractivity contribution in [1.29, 1.82) is 0 Å². The van der Waals surface area contributed by atoms with Crippen LogP contribution in [0.25, 0.3) is 0 Å². The third kappa shape index (κ3) is 2.68. The average Bonchev–Trinajstić information content (AvgIpc) is 2.05. The summed E-state index contributed by atoms with van der Waals surface area (Å²) in [7, 11) is 0. The van der Waals surface area contributed by atoms with Gasteiger partial charge in [-0.15, -0.1) is 0 Å². The van der Waals surface area contributed by atoms with Crippen LogP contribution in [0.3, 0.4) is 0 Å². The molecule has 0 atom stereocenters. The van der Waals surface area contributed by atoms with Crippen molar-refractivity contribution in [2.24, 2.45) is 0 Å². The smallest absolute Gasteiger partial charge is 0.0244 e. The maximum absolute atomic E-state index is 3.76. The summed E-state index contributed by atoms with van der Waals surface area (Å²) < 4.78 is 1.27. The number of halogens is 1. The molecule has 1 heteroatoms. The molecule has 0 fully saturated rings. The summed E-state index contributed by atoms with van der Waals surface area (Å²) in [4.78, 5) is 0. The normalized spacial score (nSPS) is 13.0. The summed E-state index contributed by atoms with van der Waals surface area (Å²) in [5.74, 6) is 0. The predicted octanol–water partition coefficient (Wildman–Crippen LogP) is 5.35. The molecule has 0 aliphatic heterocycles. The van der Waals surface area contributed by atoms with Crippen LogP contribution < -0.4 is 0 Å². The van der Waals surface area contributed by atoms with Crippen LogP contribution in [0.2, 0.25) is 0 Å². The molecule has 0 spiro atoms. The molecule has 0 radical (unpaired) electrons. The van der Waals surface area contributed by atoms with Gasteiger partial charge in [-0.3, -0.25) is 0 Å². The van der Waals surface area contributed by atoms with E-state index in [9.17, 15) is 0 Å². The lowest BCUT2D eigenvalue weighted by molar-refractivity contribution is 0.527. The number of rotatable bonds is 0. The van der Waals surface area contributed by atoms with E-state index in [1.54, 1.807) is 0 Å². The maximum Gasteiger partial charge on any atom is 0.0244 e. The summed E-state index contributed by atoms with van der Waals surface area (Å²) in [5, 5.41) is 0. The van der Waals surface area contributed by atoms with Crippen LogP contribution in [0.15, 0.2) is 16.6 Å². The highest BCUT2D eigenvalue weighted by atomic mass is 79.9. The molecule has 0 N–H and O–H groups in total. The molecular weight excluding hydrogens is 260 g/mol. The van der Waals surface area contributed by atoms with Crippen molar-refractivity contribution in [3.63, 3.8) is 0 Å². The second-order valence-electron chi connectivity index (χ2n) is 6.62. The lowest BCUT2D eigenvalue weighted by Gasteiger charge is -2.31. The van der Waals surface area contributed by atoms with Crippen molar-refractivity contribution in [3.8, 4) is 0 Å². The van der Waals surface area contributed by atoms with Crippen LogP contribution in [-0.4, -0.2) is 0 Å². The first-order chi connectivity index (χ1) is 7.05. The Kier molecular flexibility index (Phi) is 3.59. The van der Waals surface area contributed by atoms with Crippen molar-refractivity contribution in [2.75, 3.05) is 0 Å². The van der Waals surface area contributed by atoms with Gasteiger partial charge in [0.15, 0.2) is 0 Å². The first-order valence-electron chi connectivity index (χ1n) is 5.85. The topological polar surface area (TPSA) is 0 Å². The monoisotopic (exact) mass is 282 g/mol. The van der Waals surface area contributed by atoms with E-state index < -0.39 is 0 Å². The second-order valence-corrected chi connectivity index (χ2v) is 7.41. The van der Waals surface area contributed by atoms with Crippen molar-refractivity contribution in [1.82, 2.24) is 0 Å². The highest BCUT2D eigenvalue weighted by molar-refractivity contribution is 9.10. The minimum Gasteiger partial charge on any atom is -0.0579 e. The van der Waals surface area contributed by atoms with E-state index in [2.05, 4.69) is 76.5 Å². The molecule has 0 aliphatic rings. The fourth-order valence-corrected chi connectivity index (χ4v) is 2.98. The summed E-state index contributed by atoms with van der Waals surface area (Å²) >= 11 is 3.76. The molecule has 0 bridgehead atoms. The Balaban J connectivity index is 3.59. The molecule has 1 rings (SSSR count). The second kappa shape index (κ2) is 4.18. The third-order valence-electron chi connectivity index (χ3n) is 2.89. The number of aryl methyl sites for hydroxylation is 1. The van der Waals surface area contributed by atoms with Crippen molar-refractivity contribution < 1.29 is 0 Å². The summed E-state index contributed by atoms with van der Waals surface area (Å²) in [6.45, 7) is 15.8. The van der Waals surface area contributed by atoms with Gasteiger partial charge in [0.25, 0.3) is 0 Å². The largest absolute Gasteiger partial charge is 0.0579 e. The molecule has 0 amide bonds. The van der Waals surface area contributed by atoms with Gasteiger partial charge in [-0.05, 0) is 34.4 Å². The van der Waals surface area contributed by atoms with Gasteiger partial charge in [-0.25, -0.2) is 0 Å². The molecule has 0 unspecified atom stereocenters. The standard InChI is InChI=1S/C15H23Br/c1-10-8-9-11(14(2,3)4)12(13(10)16)15(5,6)7/h8-9H,1-7H3. The van der Waals surface area contributed by atoms with Crippen molar-refractivity contribution >= 4 is 15.9 Å². The molecule has 0 heterocycles. The lowest BCUT2D eigenvalue weighted by Crippen LogP contribution is -2.22. The quantitative estimate of drug-likeness (QED) is 0.602. The van der Waals surface area contributed by atoms with E-state index in [0.29, 0.717) is 0 Å². The van der Waals surface area contributed by atoms with Crippen LogP contribution in [0.1, 0.15) is 58.2 Å². The van der Waals surface area contributed by atoms with Crippen LogP contribution >= 0.6 is 15.9 Å². The maximum atomic E-state index is 3.76. The van der Waals surface area contributed by atoms with Gasteiger partial charge in [-0.1, -0.05) is 69.6 Å². The minimum absolute atomic E-state index is 0.174. The number of benzene rings is 1. The predicted molar refractivity (Wildman–Crippen MR) is 76.3 cm³/mol. The van der Waals surface area contributed by atoms with Gasteiger partial charge in [0.1, 0.15) is 0 Å². The zero-order valence-corrected chi connectivity index (χ0v) is 13.1. The Morgan fingerprint density at radius 1 is 0.875 bits per heavy atom. The van der Waals surface area contributed by atoms with Crippen LogP contribution in [0, 0.1) is 6.92 Å². The Bertz CT molecular complexity index is 389. The van der Waals surface area contributed by atoms with E-state index in [1.807, 2.05) is 0 Å². The minimum atomic E-state index is 0.174. The number of hydrogen-bond acceptors (Lipinski definition) is 0. The molecule has 0 saturated carbocycles. The summed E-state index contributed by atoms with van der Waals surface area (Å²) in [6, 6.07) is 4.49. The Hall–Kier alpha value is -0.300. The fraction of sp³-hybridized carbons (Fsp3) is 0.600. The van der Waals surface area contributed by atoms with Gasteiger partial charge in [0, 0.05) is 4.47 Å². The SMILES string of the molecule is Cc1ccc(C(C)(C)C)c(C(C)(C)C)c1Br. The van der Waals surface area contributed by atoms with Gasteiger partial charge >= 0.3 is 0 Å². The highest BCUT2D eigenvalue weighted by Gasteiger charge is 2.27. The molecule has 16 heavy (non-hydrogen) atoms. The van der Waals surface area contributed by atoms with E-state index >= 15 is 0 Å². The van der Waals surface area contributed by atoms with Crippen molar-refractivity contribution in [2.45, 2.75) is 59.3 Å². The first kappa shape index (κ1) is 13.8. The van der Waals surface area contributed by atoms with Crippen LogP contribution in [0.5, 0.6) is 0 Å². The Morgan fingerprint density at radius 3 is 1.75 bits per heavy atom.